The van der Waals surface area contributed by atoms with Gasteiger partial charge in [-0.3, -0.25) is 9.20 Å². The van der Waals surface area contributed by atoms with E-state index in [2.05, 4.69) is 9.38 Å². The van der Waals surface area contributed by atoms with E-state index in [9.17, 15) is 4.79 Å². The number of nitrogens with zero attached hydrogens (tertiary/aromatic N) is 2. The summed E-state index contributed by atoms with van der Waals surface area (Å²) in [5.41, 5.74) is 2.99. The highest BCUT2D eigenvalue weighted by atomic mass is 32.1. The summed E-state index contributed by atoms with van der Waals surface area (Å²) in [5.74, 6) is -0.789. The lowest BCUT2D eigenvalue weighted by atomic mass is 10.2. The van der Waals surface area contributed by atoms with Crippen LogP contribution in [0.15, 0.2) is 0 Å². The standard InChI is InChI=1S/C11H12N2O2S/c1-6-8(5-10(14)15)13-7-3-2-4-9(7)16-11(13)12-6/h2-5H2,1H3,(H,14,15). The lowest BCUT2D eigenvalue weighted by Crippen LogP contribution is -2.05. The van der Waals surface area contributed by atoms with Gasteiger partial charge in [0.2, 0.25) is 0 Å². The van der Waals surface area contributed by atoms with Crippen LogP contribution in [0.3, 0.4) is 0 Å². The fraction of sp³-hybridized carbons (Fsp3) is 0.455. The Labute approximate surface area is 96.5 Å². The first kappa shape index (κ1) is 9.84. The molecule has 4 nitrogen and oxygen atoms in total. The third kappa shape index (κ3) is 1.28. The Hall–Kier alpha value is -1.36. The monoisotopic (exact) mass is 236 g/mol. The molecule has 1 aliphatic carbocycles. The largest absolute Gasteiger partial charge is 0.481 e. The van der Waals surface area contributed by atoms with Gasteiger partial charge in [0.15, 0.2) is 4.96 Å². The van der Waals surface area contributed by atoms with Crippen LogP contribution in [0.4, 0.5) is 0 Å². The summed E-state index contributed by atoms with van der Waals surface area (Å²) in [5, 5.41) is 8.92. The van der Waals surface area contributed by atoms with E-state index in [0.29, 0.717) is 0 Å². The quantitative estimate of drug-likeness (QED) is 0.865. The van der Waals surface area contributed by atoms with Crippen LogP contribution >= 0.6 is 11.3 Å². The minimum absolute atomic E-state index is 0.0656. The molecule has 0 aromatic carbocycles. The number of carbonyl (C=O) groups is 1. The number of imidazole rings is 1. The van der Waals surface area contributed by atoms with Crippen molar-refractivity contribution in [2.24, 2.45) is 0 Å². The van der Waals surface area contributed by atoms with Gasteiger partial charge in [0.05, 0.1) is 17.8 Å². The van der Waals surface area contributed by atoms with Gasteiger partial charge in [-0.05, 0) is 26.2 Å². The lowest BCUT2D eigenvalue weighted by Gasteiger charge is -2.00. The normalized spacial score (nSPS) is 14.6. The molecule has 2 heterocycles. The van der Waals surface area contributed by atoms with Crippen LogP contribution in [0.2, 0.25) is 0 Å². The fourth-order valence-corrected chi connectivity index (χ4v) is 3.66. The number of aromatic nitrogens is 2. The zero-order chi connectivity index (χ0) is 11.3. The molecule has 0 unspecified atom stereocenters. The van der Waals surface area contributed by atoms with E-state index in [0.717, 1.165) is 29.2 Å². The Balaban J connectivity index is 2.24. The summed E-state index contributed by atoms with van der Waals surface area (Å²) >= 11 is 1.71. The lowest BCUT2D eigenvalue weighted by molar-refractivity contribution is -0.136. The molecular weight excluding hydrogens is 224 g/mol. The minimum Gasteiger partial charge on any atom is -0.481 e. The average Bonchev–Trinajstić information content (AvgIpc) is 2.79. The van der Waals surface area contributed by atoms with Crippen molar-refractivity contribution in [3.05, 3.63) is 22.0 Å². The number of fused-ring (bicyclic) bond motifs is 3. The summed E-state index contributed by atoms with van der Waals surface area (Å²) in [6.07, 6.45) is 3.42. The van der Waals surface area contributed by atoms with Crippen LogP contribution in [0, 0.1) is 6.92 Å². The fourth-order valence-electron chi connectivity index (χ4n) is 2.39. The molecule has 3 rings (SSSR count). The molecule has 0 aliphatic heterocycles. The topological polar surface area (TPSA) is 54.6 Å². The number of hydrogen-bond acceptors (Lipinski definition) is 3. The molecule has 0 saturated carbocycles. The molecule has 16 heavy (non-hydrogen) atoms. The molecule has 0 spiro atoms. The summed E-state index contributed by atoms with van der Waals surface area (Å²) in [4.78, 5) is 17.6. The van der Waals surface area contributed by atoms with E-state index >= 15 is 0 Å². The van der Waals surface area contributed by atoms with Gasteiger partial charge >= 0.3 is 5.97 Å². The van der Waals surface area contributed by atoms with Gasteiger partial charge < -0.3 is 5.11 Å². The van der Waals surface area contributed by atoms with E-state index in [1.807, 2.05) is 6.92 Å². The molecular formula is C11H12N2O2S. The number of thiazole rings is 1. The average molecular weight is 236 g/mol. The minimum atomic E-state index is -0.789. The van der Waals surface area contributed by atoms with Gasteiger partial charge in [-0.1, -0.05) is 0 Å². The van der Waals surface area contributed by atoms with Gasteiger partial charge in [-0.25, -0.2) is 4.98 Å². The van der Waals surface area contributed by atoms with Crippen molar-refractivity contribution in [1.82, 2.24) is 9.38 Å². The van der Waals surface area contributed by atoms with Crippen molar-refractivity contribution < 1.29 is 9.90 Å². The maximum absolute atomic E-state index is 10.8. The second-order valence-corrected chi connectivity index (χ2v) is 5.22. The first-order valence-corrected chi connectivity index (χ1v) is 6.18. The van der Waals surface area contributed by atoms with Gasteiger partial charge in [0.1, 0.15) is 0 Å². The predicted molar refractivity (Wildman–Crippen MR) is 61.2 cm³/mol. The molecule has 5 heteroatoms. The molecule has 0 atom stereocenters. The smallest absolute Gasteiger partial charge is 0.309 e. The molecule has 0 saturated heterocycles. The molecule has 0 amide bonds. The van der Waals surface area contributed by atoms with Crippen LogP contribution in [0.1, 0.15) is 28.4 Å². The predicted octanol–water partition coefficient (Wildman–Crippen LogP) is 1.82. The van der Waals surface area contributed by atoms with Gasteiger partial charge in [-0.2, -0.15) is 0 Å². The summed E-state index contributed by atoms with van der Waals surface area (Å²) in [6, 6.07) is 0. The van der Waals surface area contributed by atoms with Crippen molar-refractivity contribution in [3.63, 3.8) is 0 Å². The number of carboxylic acids is 1. The molecule has 2 aromatic rings. The van der Waals surface area contributed by atoms with Gasteiger partial charge in [0.25, 0.3) is 0 Å². The summed E-state index contributed by atoms with van der Waals surface area (Å²) in [6.45, 7) is 1.89. The van der Waals surface area contributed by atoms with E-state index in [1.54, 1.807) is 11.3 Å². The number of hydrogen-bond donors (Lipinski definition) is 1. The Morgan fingerprint density at radius 1 is 1.56 bits per heavy atom. The number of carboxylic acid groups (broad SMARTS) is 1. The molecule has 1 aliphatic rings. The Morgan fingerprint density at radius 2 is 2.38 bits per heavy atom. The summed E-state index contributed by atoms with van der Waals surface area (Å²) in [7, 11) is 0. The number of aliphatic carboxylic acids is 1. The zero-order valence-corrected chi connectivity index (χ0v) is 9.80. The molecule has 0 bridgehead atoms. The molecule has 1 N–H and O–H groups in total. The Bertz CT molecular complexity index is 582. The van der Waals surface area contributed by atoms with Crippen molar-refractivity contribution in [1.29, 1.82) is 0 Å². The Kier molecular flexibility index (Phi) is 2.04. The van der Waals surface area contributed by atoms with Crippen LogP contribution < -0.4 is 0 Å². The van der Waals surface area contributed by atoms with Gasteiger partial charge in [-0.15, -0.1) is 11.3 Å². The van der Waals surface area contributed by atoms with E-state index in [4.69, 9.17) is 5.11 Å². The van der Waals surface area contributed by atoms with Crippen LogP contribution in [0.25, 0.3) is 4.96 Å². The highest BCUT2D eigenvalue weighted by molar-refractivity contribution is 7.17. The molecule has 2 aromatic heterocycles. The van der Waals surface area contributed by atoms with E-state index in [-0.39, 0.29) is 6.42 Å². The third-order valence-corrected chi connectivity index (χ3v) is 4.23. The van der Waals surface area contributed by atoms with Crippen LogP contribution in [0.5, 0.6) is 0 Å². The Morgan fingerprint density at radius 3 is 3.12 bits per heavy atom. The van der Waals surface area contributed by atoms with Crippen molar-refractivity contribution in [2.75, 3.05) is 0 Å². The van der Waals surface area contributed by atoms with Gasteiger partial charge in [0, 0.05) is 10.6 Å². The molecule has 84 valence electrons. The second kappa shape index (κ2) is 3.31. The van der Waals surface area contributed by atoms with E-state index in [1.165, 1.54) is 17.0 Å². The highest BCUT2D eigenvalue weighted by Gasteiger charge is 2.23. The molecule has 0 radical (unpaired) electrons. The summed E-state index contributed by atoms with van der Waals surface area (Å²) < 4.78 is 2.07. The zero-order valence-electron chi connectivity index (χ0n) is 8.99. The second-order valence-electron chi connectivity index (χ2n) is 4.16. The van der Waals surface area contributed by atoms with Crippen LogP contribution in [-0.2, 0) is 24.1 Å². The number of rotatable bonds is 2. The highest BCUT2D eigenvalue weighted by Crippen LogP contribution is 2.32. The molecule has 0 fully saturated rings. The van der Waals surface area contributed by atoms with Crippen molar-refractivity contribution in [2.45, 2.75) is 32.6 Å². The maximum Gasteiger partial charge on any atom is 0.309 e. The number of aryl methyl sites for hydroxylation is 3. The maximum atomic E-state index is 10.8. The first-order chi connectivity index (χ1) is 7.66. The van der Waals surface area contributed by atoms with E-state index < -0.39 is 5.97 Å². The first-order valence-electron chi connectivity index (χ1n) is 5.37. The van der Waals surface area contributed by atoms with Crippen molar-refractivity contribution >= 4 is 22.3 Å². The van der Waals surface area contributed by atoms with Crippen LogP contribution in [-0.4, -0.2) is 20.5 Å². The third-order valence-electron chi connectivity index (χ3n) is 3.08. The van der Waals surface area contributed by atoms with Crippen molar-refractivity contribution in [3.8, 4) is 0 Å². The SMILES string of the molecule is Cc1nc2sc3c(n2c1CC(=O)O)CCC3.